The molecule has 0 aromatic heterocycles. The summed E-state index contributed by atoms with van der Waals surface area (Å²) in [5.74, 6) is -0.719. The standard InChI is InChI=1S/C22H27Cl3N2O8/c1-3-8-34-21(31)26-16-11-18(33-9-6-19(29)35-13-22(23,24)25)17(32-2)10-15(16)20(30)27-7-4-5-14(27)12-28/h3,10-11,14,28H,1,4-9,12-13H2,2H3,(H,26,31)/t14-/m0/s1. The summed E-state index contributed by atoms with van der Waals surface area (Å²) in [6.07, 6.45) is 1.82. The van der Waals surface area contributed by atoms with Gasteiger partial charge in [-0.15, -0.1) is 0 Å². The second-order valence-corrected chi connectivity index (χ2v) is 9.93. The van der Waals surface area contributed by atoms with Crippen molar-refractivity contribution in [1.29, 1.82) is 0 Å². The van der Waals surface area contributed by atoms with Crippen LogP contribution in [0.25, 0.3) is 0 Å². The lowest BCUT2D eigenvalue weighted by molar-refractivity contribution is -0.144. The van der Waals surface area contributed by atoms with Gasteiger partial charge in [-0.05, 0) is 18.9 Å². The number of halogens is 3. The van der Waals surface area contributed by atoms with E-state index in [1.807, 2.05) is 0 Å². The zero-order chi connectivity index (χ0) is 26.0. The normalized spacial score (nSPS) is 15.3. The summed E-state index contributed by atoms with van der Waals surface area (Å²) in [6.45, 7) is 3.19. The largest absolute Gasteiger partial charge is 0.493 e. The van der Waals surface area contributed by atoms with Crippen molar-refractivity contribution in [2.75, 3.05) is 45.4 Å². The number of methoxy groups -OCH3 is 1. The third-order valence-electron chi connectivity index (χ3n) is 4.91. The number of hydrogen-bond acceptors (Lipinski definition) is 8. The van der Waals surface area contributed by atoms with Crippen LogP contribution in [-0.4, -0.2) is 77.9 Å². The number of ether oxygens (including phenoxy) is 4. The van der Waals surface area contributed by atoms with Gasteiger partial charge in [-0.1, -0.05) is 47.5 Å². The van der Waals surface area contributed by atoms with Crippen molar-refractivity contribution in [3.8, 4) is 11.5 Å². The Hall–Kier alpha value is -2.40. The number of likely N-dealkylation sites (tertiary alicyclic amines) is 1. The van der Waals surface area contributed by atoms with Crippen LogP contribution >= 0.6 is 34.8 Å². The van der Waals surface area contributed by atoms with E-state index in [4.69, 9.17) is 53.8 Å². The van der Waals surface area contributed by atoms with E-state index in [0.29, 0.717) is 13.0 Å². The Morgan fingerprint density at radius 2 is 2.00 bits per heavy atom. The molecule has 0 aliphatic carbocycles. The number of benzene rings is 1. The minimum Gasteiger partial charge on any atom is -0.493 e. The predicted molar refractivity (Wildman–Crippen MR) is 131 cm³/mol. The quantitative estimate of drug-likeness (QED) is 0.241. The van der Waals surface area contributed by atoms with E-state index in [-0.39, 0.29) is 55.0 Å². The molecular formula is C22H27Cl3N2O8. The molecule has 0 radical (unpaired) electrons. The van der Waals surface area contributed by atoms with E-state index in [0.717, 1.165) is 6.42 Å². The molecule has 1 atom stereocenters. The van der Waals surface area contributed by atoms with Gasteiger partial charge < -0.3 is 29.0 Å². The van der Waals surface area contributed by atoms with Gasteiger partial charge in [0.2, 0.25) is 3.79 Å². The highest BCUT2D eigenvalue weighted by atomic mass is 35.6. The fraction of sp³-hybridized carbons (Fsp3) is 0.500. The molecule has 194 valence electrons. The van der Waals surface area contributed by atoms with Gasteiger partial charge in [0.05, 0.1) is 44.0 Å². The highest BCUT2D eigenvalue weighted by molar-refractivity contribution is 6.67. The number of hydrogen-bond donors (Lipinski definition) is 2. The second-order valence-electron chi connectivity index (χ2n) is 7.41. The van der Waals surface area contributed by atoms with E-state index >= 15 is 0 Å². The van der Waals surface area contributed by atoms with Crippen molar-refractivity contribution < 1.29 is 38.4 Å². The smallest absolute Gasteiger partial charge is 0.411 e. The maximum atomic E-state index is 13.3. The van der Waals surface area contributed by atoms with Gasteiger partial charge in [-0.3, -0.25) is 14.9 Å². The first kappa shape index (κ1) is 28.8. The Labute approximate surface area is 218 Å². The van der Waals surface area contributed by atoms with Gasteiger partial charge in [-0.2, -0.15) is 0 Å². The summed E-state index contributed by atoms with van der Waals surface area (Å²) < 4.78 is 19.1. The number of rotatable bonds is 11. The number of amides is 2. The molecule has 10 nitrogen and oxygen atoms in total. The SMILES string of the molecule is C=CCOC(=O)Nc1cc(OCCC(=O)OCC(Cl)(Cl)Cl)c(OC)cc1C(=O)N1CCC[C@H]1CO. The molecule has 1 aliphatic rings. The van der Waals surface area contributed by atoms with Gasteiger partial charge in [0.1, 0.15) is 13.2 Å². The van der Waals surface area contributed by atoms with E-state index in [2.05, 4.69) is 11.9 Å². The molecule has 1 aromatic carbocycles. The summed E-state index contributed by atoms with van der Waals surface area (Å²) in [5, 5.41) is 12.1. The first-order valence-corrected chi connectivity index (χ1v) is 11.8. The minimum atomic E-state index is -1.73. The monoisotopic (exact) mass is 552 g/mol. The topological polar surface area (TPSA) is 124 Å². The number of aliphatic hydroxyl groups is 1. The first-order valence-electron chi connectivity index (χ1n) is 10.6. The zero-order valence-corrected chi connectivity index (χ0v) is 21.3. The molecule has 1 saturated heterocycles. The molecule has 1 aliphatic heterocycles. The Balaban J connectivity index is 2.25. The fourth-order valence-corrected chi connectivity index (χ4v) is 3.48. The molecule has 1 aromatic rings. The zero-order valence-electron chi connectivity index (χ0n) is 19.1. The number of anilines is 1. The van der Waals surface area contributed by atoms with E-state index in [1.54, 1.807) is 0 Å². The Kier molecular flexibility index (Phi) is 11.2. The lowest BCUT2D eigenvalue weighted by atomic mass is 10.1. The Bertz CT molecular complexity index is 923. The van der Waals surface area contributed by atoms with Crippen LogP contribution in [-0.2, 0) is 14.3 Å². The third kappa shape index (κ3) is 8.96. The van der Waals surface area contributed by atoms with Crippen molar-refractivity contribution in [1.82, 2.24) is 4.90 Å². The lowest BCUT2D eigenvalue weighted by Crippen LogP contribution is -2.38. The van der Waals surface area contributed by atoms with Crippen LogP contribution in [0.3, 0.4) is 0 Å². The van der Waals surface area contributed by atoms with Crippen LogP contribution in [0, 0.1) is 0 Å². The van der Waals surface area contributed by atoms with Crippen LogP contribution in [0.5, 0.6) is 11.5 Å². The van der Waals surface area contributed by atoms with Gasteiger partial charge in [0.15, 0.2) is 11.5 Å². The predicted octanol–water partition coefficient (Wildman–Crippen LogP) is 3.71. The number of nitrogens with one attached hydrogen (secondary N) is 1. The third-order valence-corrected chi connectivity index (χ3v) is 5.24. The minimum absolute atomic E-state index is 0.0381. The van der Waals surface area contributed by atoms with Crippen LogP contribution in [0.2, 0.25) is 0 Å². The number of carbonyl (C=O) groups is 3. The molecule has 2 rings (SSSR count). The van der Waals surface area contributed by atoms with Crippen molar-refractivity contribution in [2.45, 2.75) is 29.1 Å². The summed E-state index contributed by atoms with van der Waals surface area (Å²) in [7, 11) is 1.38. The lowest BCUT2D eigenvalue weighted by Gasteiger charge is -2.25. The number of aliphatic hydroxyl groups excluding tert-OH is 1. The average Bonchev–Trinajstić information content (AvgIpc) is 3.29. The van der Waals surface area contributed by atoms with Crippen LogP contribution in [0.1, 0.15) is 29.6 Å². The molecule has 1 fully saturated rings. The van der Waals surface area contributed by atoms with Gasteiger partial charge in [0, 0.05) is 12.6 Å². The van der Waals surface area contributed by atoms with E-state index in [9.17, 15) is 19.5 Å². The molecular weight excluding hydrogens is 527 g/mol. The van der Waals surface area contributed by atoms with Gasteiger partial charge in [0.25, 0.3) is 5.91 Å². The molecule has 13 heteroatoms. The summed E-state index contributed by atoms with van der Waals surface area (Å²) >= 11 is 16.7. The number of nitrogens with zero attached hydrogens (tertiary/aromatic N) is 1. The summed E-state index contributed by atoms with van der Waals surface area (Å²) in [5.41, 5.74) is 0.217. The van der Waals surface area contributed by atoms with Crippen molar-refractivity contribution in [3.63, 3.8) is 0 Å². The average molecular weight is 554 g/mol. The number of alkyl halides is 3. The molecule has 1 heterocycles. The fourth-order valence-electron chi connectivity index (χ4n) is 3.32. The highest BCUT2D eigenvalue weighted by Crippen LogP contribution is 2.35. The molecule has 0 unspecified atom stereocenters. The summed E-state index contributed by atoms with van der Waals surface area (Å²) in [6, 6.07) is 2.47. The van der Waals surface area contributed by atoms with E-state index < -0.39 is 28.4 Å². The van der Waals surface area contributed by atoms with E-state index in [1.165, 1.54) is 30.2 Å². The molecule has 2 N–H and O–H groups in total. The molecule has 35 heavy (non-hydrogen) atoms. The van der Waals surface area contributed by atoms with Crippen molar-refractivity contribution in [2.24, 2.45) is 0 Å². The van der Waals surface area contributed by atoms with Crippen LogP contribution in [0.15, 0.2) is 24.8 Å². The van der Waals surface area contributed by atoms with Gasteiger partial charge in [-0.25, -0.2) is 4.79 Å². The van der Waals surface area contributed by atoms with Crippen molar-refractivity contribution in [3.05, 3.63) is 30.4 Å². The first-order chi connectivity index (χ1) is 16.6. The Morgan fingerprint density at radius 1 is 1.26 bits per heavy atom. The maximum Gasteiger partial charge on any atom is 0.411 e. The van der Waals surface area contributed by atoms with Crippen LogP contribution < -0.4 is 14.8 Å². The molecule has 0 saturated carbocycles. The highest BCUT2D eigenvalue weighted by Gasteiger charge is 2.31. The summed E-state index contributed by atoms with van der Waals surface area (Å²) in [4.78, 5) is 38.9. The second kappa shape index (κ2) is 13.6. The Morgan fingerprint density at radius 3 is 2.63 bits per heavy atom. The molecule has 2 amide bonds. The molecule has 0 spiro atoms. The molecule has 0 bridgehead atoms. The number of esters is 1. The van der Waals surface area contributed by atoms with Gasteiger partial charge >= 0.3 is 12.1 Å². The van der Waals surface area contributed by atoms with Crippen molar-refractivity contribution >= 4 is 58.5 Å². The van der Waals surface area contributed by atoms with Crippen LogP contribution in [0.4, 0.5) is 10.5 Å². The maximum absolute atomic E-state index is 13.3. The number of carbonyl (C=O) groups excluding carboxylic acids is 3.